The lowest BCUT2D eigenvalue weighted by atomic mass is 9.85. The Bertz CT molecular complexity index is 5250. The fourth-order valence-electron chi connectivity index (χ4n) is 13.1. The second-order valence-corrected chi connectivity index (χ2v) is 24.2. The zero-order chi connectivity index (χ0) is 51.7. The van der Waals surface area contributed by atoms with E-state index < -0.39 is 0 Å². The highest BCUT2D eigenvalue weighted by molar-refractivity contribution is 7.26. The maximum Gasteiger partial charge on any atom is 0.0361 e. The molecule has 79 heavy (non-hydrogen) atoms. The molecule has 0 fully saturated rings. The summed E-state index contributed by atoms with van der Waals surface area (Å²) < 4.78 is 7.85. The Morgan fingerprint density at radius 1 is 0.139 bits per heavy atom. The predicted molar refractivity (Wildman–Crippen MR) is 348 cm³/mol. The number of fused-ring (bicyclic) bond motifs is 13. The van der Waals surface area contributed by atoms with E-state index >= 15 is 0 Å². The Labute approximate surface area is 468 Å². The lowest BCUT2D eigenvalue weighted by molar-refractivity contribution is 1.66. The van der Waals surface area contributed by atoms with Crippen LogP contribution in [0.2, 0.25) is 0 Å². The van der Waals surface area contributed by atoms with Gasteiger partial charge in [-0.15, -0.1) is 34.0 Å². The van der Waals surface area contributed by atoms with Gasteiger partial charge in [0.15, 0.2) is 0 Å². The number of rotatable bonds is 6. The minimum atomic E-state index is 1.24. The maximum atomic E-state index is 2.46. The van der Waals surface area contributed by atoms with Crippen LogP contribution in [0.15, 0.2) is 267 Å². The van der Waals surface area contributed by atoms with E-state index in [-0.39, 0.29) is 0 Å². The molecule has 17 aromatic rings. The monoisotopic (exact) mass is 1050 g/mol. The van der Waals surface area contributed by atoms with Crippen LogP contribution in [-0.4, -0.2) is 0 Å². The van der Waals surface area contributed by atoms with Crippen LogP contribution < -0.4 is 0 Å². The van der Waals surface area contributed by atoms with Crippen LogP contribution in [0.5, 0.6) is 0 Å². The van der Waals surface area contributed by atoms with Gasteiger partial charge >= 0.3 is 0 Å². The molecule has 17 rings (SSSR count). The Hall–Kier alpha value is -9.22. The molecule has 0 atom stereocenters. The summed E-state index contributed by atoms with van der Waals surface area (Å²) in [6.07, 6.45) is 0. The first-order chi connectivity index (χ1) is 39.1. The number of hydrogen-bond donors (Lipinski definition) is 0. The highest BCUT2D eigenvalue weighted by Gasteiger charge is 2.22. The second-order valence-electron chi connectivity index (χ2n) is 21.0. The third kappa shape index (κ3) is 7.04. The predicted octanol–water partition coefficient (Wildman–Crippen LogP) is 23.4. The number of benzene rings is 14. The van der Waals surface area contributed by atoms with E-state index in [1.165, 1.54) is 170 Å². The summed E-state index contributed by atoms with van der Waals surface area (Å²) in [6.45, 7) is 0. The number of thiophene rings is 3. The van der Waals surface area contributed by atoms with Gasteiger partial charge in [-0.2, -0.15) is 0 Å². The summed E-state index contributed by atoms with van der Waals surface area (Å²) in [7, 11) is 0. The van der Waals surface area contributed by atoms with E-state index in [0.717, 1.165) is 0 Å². The van der Waals surface area contributed by atoms with Crippen molar-refractivity contribution in [3.63, 3.8) is 0 Å². The molecule has 0 radical (unpaired) electrons. The molecule has 0 amide bonds. The molecule has 0 N–H and O–H groups in total. The molecule has 0 saturated heterocycles. The van der Waals surface area contributed by atoms with E-state index in [1.54, 1.807) is 0 Å². The molecule has 0 unspecified atom stereocenters. The van der Waals surface area contributed by atoms with Gasteiger partial charge in [0.2, 0.25) is 0 Å². The van der Waals surface area contributed by atoms with Gasteiger partial charge in [-0.3, -0.25) is 0 Å². The maximum absolute atomic E-state index is 2.46. The average molecular weight is 1050 g/mol. The van der Waals surface area contributed by atoms with Crippen molar-refractivity contribution in [1.29, 1.82) is 0 Å². The molecule has 0 saturated carbocycles. The van der Waals surface area contributed by atoms with Crippen molar-refractivity contribution in [3.8, 4) is 66.8 Å². The van der Waals surface area contributed by atoms with Crippen LogP contribution in [0.25, 0.3) is 170 Å². The summed E-state index contributed by atoms with van der Waals surface area (Å²) >= 11 is 5.66. The molecule has 0 nitrogen and oxygen atoms in total. The quantitative estimate of drug-likeness (QED) is 0.146. The molecular formula is C76H44S3. The van der Waals surface area contributed by atoms with Gasteiger partial charge < -0.3 is 0 Å². The van der Waals surface area contributed by atoms with E-state index in [0.29, 0.717) is 0 Å². The second kappa shape index (κ2) is 17.7. The summed E-state index contributed by atoms with van der Waals surface area (Å²) in [5, 5.41) is 18.0. The van der Waals surface area contributed by atoms with Crippen LogP contribution >= 0.6 is 34.0 Å². The van der Waals surface area contributed by atoms with Crippen molar-refractivity contribution >= 4 is 138 Å². The third-order valence-electron chi connectivity index (χ3n) is 16.6. The van der Waals surface area contributed by atoms with Gasteiger partial charge in [0.25, 0.3) is 0 Å². The SMILES string of the molecule is c1ccc(-c2ccc3sc4ccc(-c5c6ccccc6c(-c6ccc7c(c6)sc6ccc(-c8c9ccccc9c(-c9ccc%10sc%11ccc(-c%12ccccc%12)cc%11c%10c9)c9ccccc89)cc67)c6ccccc56)cc4c3c2)cc1. The Morgan fingerprint density at radius 3 is 0.709 bits per heavy atom. The van der Waals surface area contributed by atoms with E-state index in [4.69, 9.17) is 0 Å². The highest BCUT2D eigenvalue weighted by Crippen LogP contribution is 2.50. The lowest BCUT2D eigenvalue weighted by Gasteiger charge is -2.18. The Kier molecular flexibility index (Phi) is 10.0. The van der Waals surface area contributed by atoms with Crippen LogP contribution in [0.4, 0.5) is 0 Å². The molecule has 3 heterocycles. The average Bonchev–Trinajstić information content (AvgIpc) is 4.38. The lowest BCUT2D eigenvalue weighted by Crippen LogP contribution is -1.91. The van der Waals surface area contributed by atoms with Gasteiger partial charge in [-0.25, -0.2) is 0 Å². The standard InChI is InChI=1S/C76H44S3/c1-3-15-45(16-4-1)47-28-34-68-63(39-47)65-42-50(31-37-70(65)77-68)74-56-21-9-7-19-54(56)73(55-20-8-10-22-57(55)74)49-30-36-67-62(41-49)53-33-27-52(44-72(53)79-67)76-60-25-13-11-23-58(60)75(59-24-12-14-26-61(59)76)51-32-38-71-66(43-51)64-40-48(29-35-69(64)78-71)46-17-5-2-6-18-46/h1-44H. The van der Waals surface area contributed by atoms with Crippen LogP contribution in [-0.2, 0) is 0 Å². The molecular weight excluding hydrogens is 1010 g/mol. The summed E-state index contributed by atoms with van der Waals surface area (Å²) in [6, 6.07) is 100. The zero-order valence-electron chi connectivity index (χ0n) is 42.6. The van der Waals surface area contributed by atoms with E-state index in [9.17, 15) is 0 Å². The molecule has 0 aliphatic rings. The fourth-order valence-corrected chi connectivity index (χ4v) is 16.3. The minimum Gasteiger partial charge on any atom is -0.135 e. The normalized spacial score (nSPS) is 12.1. The van der Waals surface area contributed by atoms with Crippen molar-refractivity contribution in [1.82, 2.24) is 0 Å². The molecule has 0 aliphatic carbocycles. The van der Waals surface area contributed by atoms with Gasteiger partial charge in [-0.1, -0.05) is 200 Å². The summed E-state index contributed by atoms with van der Waals surface area (Å²) in [5.74, 6) is 0. The van der Waals surface area contributed by atoms with E-state index in [2.05, 4.69) is 267 Å². The smallest absolute Gasteiger partial charge is 0.0361 e. The Morgan fingerprint density at radius 2 is 0.380 bits per heavy atom. The topological polar surface area (TPSA) is 0 Å². The first kappa shape index (κ1) is 44.9. The van der Waals surface area contributed by atoms with Gasteiger partial charge in [0.05, 0.1) is 0 Å². The van der Waals surface area contributed by atoms with Crippen molar-refractivity contribution in [2.45, 2.75) is 0 Å². The molecule has 0 spiro atoms. The fraction of sp³-hybridized carbons (Fsp3) is 0. The molecule has 14 aromatic carbocycles. The third-order valence-corrected chi connectivity index (χ3v) is 20.1. The van der Waals surface area contributed by atoms with Gasteiger partial charge in [-0.05, 0) is 177 Å². The van der Waals surface area contributed by atoms with Crippen LogP contribution in [0, 0.1) is 0 Å². The van der Waals surface area contributed by atoms with Crippen molar-refractivity contribution in [2.24, 2.45) is 0 Å². The summed E-state index contributed by atoms with van der Waals surface area (Å²) in [5.41, 5.74) is 15.1. The van der Waals surface area contributed by atoms with Crippen LogP contribution in [0.3, 0.4) is 0 Å². The molecule has 3 aromatic heterocycles. The van der Waals surface area contributed by atoms with Crippen molar-refractivity contribution in [2.75, 3.05) is 0 Å². The minimum absolute atomic E-state index is 1.24. The number of hydrogen-bond acceptors (Lipinski definition) is 3. The van der Waals surface area contributed by atoms with Crippen molar-refractivity contribution < 1.29 is 0 Å². The molecule has 0 aliphatic heterocycles. The largest absolute Gasteiger partial charge is 0.135 e. The van der Waals surface area contributed by atoms with Crippen LogP contribution in [0.1, 0.15) is 0 Å². The highest BCUT2D eigenvalue weighted by atomic mass is 32.1. The molecule has 366 valence electrons. The van der Waals surface area contributed by atoms with Gasteiger partial charge in [0.1, 0.15) is 0 Å². The van der Waals surface area contributed by atoms with E-state index in [1.807, 2.05) is 34.0 Å². The summed E-state index contributed by atoms with van der Waals surface area (Å²) in [4.78, 5) is 0. The Balaban J connectivity index is 0.794. The van der Waals surface area contributed by atoms with Crippen molar-refractivity contribution in [3.05, 3.63) is 267 Å². The van der Waals surface area contributed by atoms with Gasteiger partial charge in [0, 0.05) is 60.5 Å². The zero-order valence-corrected chi connectivity index (χ0v) is 45.1. The molecule has 0 bridgehead atoms. The molecule has 3 heteroatoms. The first-order valence-electron chi connectivity index (χ1n) is 27.0. The first-order valence-corrected chi connectivity index (χ1v) is 29.5.